The van der Waals surface area contributed by atoms with Gasteiger partial charge in [-0.3, -0.25) is 0 Å². The molecule has 0 radical (unpaired) electrons. The van der Waals surface area contributed by atoms with E-state index in [1.165, 1.54) is 6.42 Å². The second-order valence-corrected chi connectivity index (χ2v) is 3.55. The maximum Gasteiger partial charge on any atom is 0.0619 e. The predicted octanol–water partition coefficient (Wildman–Crippen LogP) is 4.64. The lowest BCUT2D eigenvalue weighted by Crippen LogP contribution is -2.30. The molecule has 0 spiro atoms. The van der Waals surface area contributed by atoms with Gasteiger partial charge in [0.2, 0.25) is 0 Å². The molecule has 90 valence electrons. The number of aliphatic hydroxyl groups is 1. The van der Waals surface area contributed by atoms with E-state index in [2.05, 4.69) is 13.8 Å². The minimum absolute atomic E-state index is 0.470. The predicted molar refractivity (Wildman–Crippen MR) is 67.7 cm³/mol. The van der Waals surface area contributed by atoms with Crippen LogP contribution in [-0.2, 0) is 0 Å². The van der Waals surface area contributed by atoms with Crippen molar-refractivity contribution in [2.24, 2.45) is 5.92 Å². The second-order valence-electron chi connectivity index (χ2n) is 3.55. The molecule has 0 bridgehead atoms. The van der Waals surface area contributed by atoms with E-state index >= 15 is 0 Å². The van der Waals surface area contributed by atoms with Gasteiger partial charge in [-0.25, -0.2) is 0 Å². The lowest BCUT2D eigenvalue weighted by molar-refractivity contribution is 0.0112. The fourth-order valence-corrected chi connectivity index (χ4v) is 1.41. The van der Waals surface area contributed by atoms with Gasteiger partial charge in [-0.15, -0.1) is 0 Å². The molecule has 1 nitrogen and oxygen atoms in total. The summed E-state index contributed by atoms with van der Waals surface area (Å²) in [5.41, 5.74) is -0.481. The molecule has 0 aliphatic rings. The third-order valence-electron chi connectivity index (χ3n) is 2.13. The Morgan fingerprint density at radius 3 is 1.43 bits per heavy atom. The van der Waals surface area contributed by atoms with Crippen LogP contribution in [0.2, 0.25) is 0 Å². The summed E-state index contributed by atoms with van der Waals surface area (Å²) in [6.07, 6.45) is 3.39. The van der Waals surface area contributed by atoms with Gasteiger partial charge in [-0.2, -0.15) is 0 Å². The summed E-state index contributed by atoms with van der Waals surface area (Å²) < 4.78 is 0. The Balaban J connectivity index is -0.000000266. The van der Waals surface area contributed by atoms with Crippen LogP contribution in [0.4, 0.5) is 0 Å². The number of hydrogen-bond acceptors (Lipinski definition) is 1. The van der Waals surface area contributed by atoms with Crippen molar-refractivity contribution in [3.8, 4) is 0 Å². The van der Waals surface area contributed by atoms with Crippen molar-refractivity contribution >= 4 is 0 Å². The summed E-state index contributed by atoms with van der Waals surface area (Å²) >= 11 is 0. The van der Waals surface area contributed by atoms with E-state index < -0.39 is 5.60 Å². The first-order valence-corrected chi connectivity index (χ1v) is 6.24. The SMILES string of the molecule is CC.CC.CCCC(CC)C(C)(C)O. The molecule has 0 aliphatic carbocycles. The maximum atomic E-state index is 9.61. The Kier molecular flexibility index (Phi) is 18.1. The molecule has 0 saturated carbocycles. The van der Waals surface area contributed by atoms with Gasteiger partial charge in [-0.05, 0) is 26.2 Å². The zero-order chi connectivity index (χ0) is 12.2. The molecule has 0 saturated heterocycles. The zero-order valence-electron chi connectivity index (χ0n) is 11.6. The minimum Gasteiger partial charge on any atom is -0.390 e. The van der Waals surface area contributed by atoms with Crippen molar-refractivity contribution in [1.82, 2.24) is 0 Å². The van der Waals surface area contributed by atoms with Gasteiger partial charge < -0.3 is 5.11 Å². The largest absolute Gasteiger partial charge is 0.390 e. The summed E-state index contributed by atoms with van der Waals surface area (Å²) in [7, 11) is 0. The first kappa shape index (κ1) is 19.5. The Bertz CT molecular complexity index is 81.7. The van der Waals surface area contributed by atoms with Gasteiger partial charge in [0.1, 0.15) is 0 Å². The maximum absolute atomic E-state index is 9.61. The minimum atomic E-state index is -0.481. The van der Waals surface area contributed by atoms with Gasteiger partial charge >= 0.3 is 0 Å². The highest BCUT2D eigenvalue weighted by atomic mass is 16.3. The molecular formula is C13H32O. The summed E-state index contributed by atoms with van der Waals surface area (Å²) in [6.45, 7) is 16.1. The average molecular weight is 204 g/mol. The third-order valence-corrected chi connectivity index (χ3v) is 2.13. The van der Waals surface area contributed by atoms with E-state index in [4.69, 9.17) is 0 Å². The quantitative estimate of drug-likeness (QED) is 0.707. The normalized spacial score (nSPS) is 11.8. The molecule has 0 aromatic heterocycles. The van der Waals surface area contributed by atoms with Crippen molar-refractivity contribution in [1.29, 1.82) is 0 Å². The van der Waals surface area contributed by atoms with Gasteiger partial charge in [-0.1, -0.05) is 54.4 Å². The van der Waals surface area contributed by atoms with Crippen LogP contribution in [0, 0.1) is 5.92 Å². The Labute approximate surface area is 91.9 Å². The van der Waals surface area contributed by atoms with Crippen LogP contribution in [0.1, 0.15) is 74.7 Å². The first-order chi connectivity index (χ1) is 6.52. The molecule has 0 aromatic carbocycles. The van der Waals surface area contributed by atoms with Crippen LogP contribution >= 0.6 is 0 Å². The highest BCUT2D eigenvalue weighted by Crippen LogP contribution is 2.24. The molecular weight excluding hydrogens is 172 g/mol. The number of hydrogen-bond donors (Lipinski definition) is 1. The smallest absolute Gasteiger partial charge is 0.0619 e. The van der Waals surface area contributed by atoms with Gasteiger partial charge in [0.15, 0.2) is 0 Å². The van der Waals surface area contributed by atoms with Crippen LogP contribution < -0.4 is 0 Å². The monoisotopic (exact) mass is 204 g/mol. The molecule has 0 amide bonds. The van der Waals surface area contributed by atoms with E-state index in [-0.39, 0.29) is 0 Å². The van der Waals surface area contributed by atoms with Gasteiger partial charge in [0.25, 0.3) is 0 Å². The van der Waals surface area contributed by atoms with Crippen molar-refractivity contribution in [2.75, 3.05) is 0 Å². The summed E-state index contributed by atoms with van der Waals surface area (Å²) in [4.78, 5) is 0. The highest BCUT2D eigenvalue weighted by molar-refractivity contribution is 4.75. The highest BCUT2D eigenvalue weighted by Gasteiger charge is 2.23. The van der Waals surface area contributed by atoms with E-state index in [0.29, 0.717) is 5.92 Å². The fraction of sp³-hybridized carbons (Fsp3) is 1.00. The Morgan fingerprint density at radius 1 is 1.00 bits per heavy atom. The molecule has 0 aromatic rings. The second kappa shape index (κ2) is 13.0. The molecule has 0 aliphatic heterocycles. The molecule has 1 N–H and O–H groups in total. The van der Waals surface area contributed by atoms with Gasteiger partial charge in [0.05, 0.1) is 5.60 Å². The molecule has 0 fully saturated rings. The van der Waals surface area contributed by atoms with Crippen molar-refractivity contribution in [2.45, 2.75) is 80.3 Å². The molecule has 0 rings (SSSR count). The van der Waals surface area contributed by atoms with Crippen LogP contribution in [-0.4, -0.2) is 10.7 Å². The summed E-state index contributed by atoms with van der Waals surface area (Å²) in [5, 5.41) is 9.61. The van der Waals surface area contributed by atoms with Crippen molar-refractivity contribution < 1.29 is 5.11 Å². The summed E-state index contributed by atoms with van der Waals surface area (Å²) in [6, 6.07) is 0. The molecule has 1 heteroatoms. The van der Waals surface area contributed by atoms with Crippen LogP contribution in [0.15, 0.2) is 0 Å². The molecule has 0 heterocycles. The van der Waals surface area contributed by atoms with E-state index in [9.17, 15) is 5.11 Å². The lowest BCUT2D eigenvalue weighted by Gasteiger charge is -2.27. The molecule has 1 atom stereocenters. The van der Waals surface area contributed by atoms with E-state index in [0.717, 1.165) is 12.8 Å². The third kappa shape index (κ3) is 12.0. The van der Waals surface area contributed by atoms with Crippen LogP contribution in [0.25, 0.3) is 0 Å². The molecule has 1 unspecified atom stereocenters. The van der Waals surface area contributed by atoms with E-state index in [1.807, 2.05) is 41.5 Å². The van der Waals surface area contributed by atoms with Crippen LogP contribution in [0.3, 0.4) is 0 Å². The standard InChI is InChI=1S/C9H20O.2C2H6/c1-5-7-8(6-2)9(3,4)10;2*1-2/h8,10H,5-7H2,1-4H3;2*1-2H3. The van der Waals surface area contributed by atoms with Crippen LogP contribution in [0.5, 0.6) is 0 Å². The topological polar surface area (TPSA) is 20.2 Å². The fourth-order valence-electron chi connectivity index (χ4n) is 1.41. The van der Waals surface area contributed by atoms with E-state index in [1.54, 1.807) is 0 Å². The van der Waals surface area contributed by atoms with Crippen molar-refractivity contribution in [3.63, 3.8) is 0 Å². The Hall–Kier alpha value is -0.0400. The summed E-state index contributed by atoms with van der Waals surface area (Å²) in [5.74, 6) is 0.470. The molecule has 14 heavy (non-hydrogen) atoms. The number of rotatable bonds is 4. The Morgan fingerprint density at radius 2 is 1.36 bits per heavy atom. The lowest BCUT2D eigenvalue weighted by atomic mass is 9.85. The average Bonchev–Trinajstić information content (AvgIpc) is 2.18. The zero-order valence-corrected chi connectivity index (χ0v) is 11.6. The van der Waals surface area contributed by atoms with Gasteiger partial charge in [0, 0.05) is 0 Å². The van der Waals surface area contributed by atoms with Crippen molar-refractivity contribution in [3.05, 3.63) is 0 Å². The first-order valence-electron chi connectivity index (χ1n) is 6.24.